The lowest BCUT2D eigenvalue weighted by molar-refractivity contribution is -0.153. The molecule has 0 saturated carbocycles. The molecule has 10 heteroatoms. The lowest BCUT2D eigenvalue weighted by Gasteiger charge is -2.38. The predicted molar refractivity (Wildman–Crippen MR) is 184 cm³/mol. The first-order valence-electron chi connectivity index (χ1n) is 16.1. The molecule has 47 heavy (non-hydrogen) atoms. The molecule has 1 aliphatic rings. The fraction of sp³-hybridized carbons (Fsp3) is 0.378. The zero-order valence-electron chi connectivity index (χ0n) is 27.4. The van der Waals surface area contributed by atoms with Gasteiger partial charge >= 0.3 is 5.97 Å². The summed E-state index contributed by atoms with van der Waals surface area (Å²) in [6, 6.07) is 18.4. The normalized spacial score (nSPS) is 13.9. The maximum Gasteiger partial charge on any atom is 0.310 e. The van der Waals surface area contributed by atoms with Crippen LogP contribution in [0.4, 0.5) is 0 Å². The monoisotopic (exact) mass is 654 g/mol. The van der Waals surface area contributed by atoms with Crippen LogP contribution in [0.5, 0.6) is 5.75 Å². The van der Waals surface area contributed by atoms with Crippen LogP contribution in [0.3, 0.4) is 0 Å². The molecular formula is C37H42N4O5S. The van der Waals surface area contributed by atoms with Crippen molar-refractivity contribution in [2.75, 3.05) is 19.7 Å². The molecule has 4 aromatic rings. The van der Waals surface area contributed by atoms with Crippen molar-refractivity contribution >= 4 is 29.1 Å². The number of thiophene rings is 1. The van der Waals surface area contributed by atoms with E-state index in [0.717, 1.165) is 52.1 Å². The van der Waals surface area contributed by atoms with Gasteiger partial charge < -0.3 is 20.1 Å². The summed E-state index contributed by atoms with van der Waals surface area (Å²) in [5.41, 5.74) is 3.47. The van der Waals surface area contributed by atoms with E-state index in [0.29, 0.717) is 17.3 Å². The van der Waals surface area contributed by atoms with Crippen molar-refractivity contribution in [3.8, 4) is 28.3 Å². The van der Waals surface area contributed by atoms with Gasteiger partial charge in [-0.05, 0) is 47.2 Å². The van der Waals surface area contributed by atoms with Gasteiger partial charge in [0.05, 0.1) is 17.4 Å². The highest BCUT2D eigenvalue weighted by Crippen LogP contribution is 2.30. The number of carbonyl (C=O) groups is 3. The van der Waals surface area contributed by atoms with E-state index in [1.54, 1.807) is 18.5 Å². The largest absolute Gasteiger partial charge is 0.494 e. The summed E-state index contributed by atoms with van der Waals surface area (Å²) < 4.78 is 5.81. The minimum absolute atomic E-state index is 0.0953. The van der Waals surface area contributed by atoms with E-state index in [9.17, 15) is 19.5 Å². The quantitative estimate of drug-likeness (QED) is 0.155. The van der Waals surface area contributed by atoms with Crippen LogP contribution in [-0.4, -0.2) is 63.5 Å². The Kier molecular flexibility index (Phi) is 10.7. The van der Waals surface area contributed by atoms with E-state index >= 15 is 0 Å². The van der Waals surface area contributed by atoms with Gasteiger partial charge in [-0.15, -0.1) is 11.3 Å². The van der Waals surface area contributed by atoms with Gasteiger partial charge in [-0.2, -0.15) is 0 Å². The highest BCUT2D eigenvalue weighted by Gasteiger charge is 2.39. The summed E-state index contributed by atoms with van der Waals surface area (Å²) >= 11 is 1.41. The summed E-state index contributed by atoms with van der Waals surface area (Å²) in [6.07, 6.45) is 7.22. The standard InChI is InChI=1S/C37H42N4O5S/c1-5-6-7-18-46-29-14-12-25(13-15-29)27-20-38-33(39-21-27)26-10-8-24(9-11-26)19-30(35(43)41-22-28(23-41)36(44)45)40-34(42)31-16-17-32(47-31)37(2,3)4/h8-17,20-21,28,30H,5-7,18-19,22-23H2,1-4H3,(H,40,42)(H,44,45). The van der Waals surface area contributed by atoms with Crippen molar-refractivity contribution in [3.63, 3.8) is 0 Å². The molecule has 2 N–H and O–H groups in total. The van der Waals surface area contributed by atoms with Gasteiger partial charge in [0, 0.05) is 47.9 Å². The Balaban J connectivity index is 1.25. The van der Waals surface area contributed by atoms with Crippen molar-refractivity contribution in [1.82, 2.24) is 20.2 Å². The molecule has 246 valence electrons. The molecule has 2 aromatic heterocycles. The van der Waals surface area contributed by atoms with Crippen molar-refractivity contribution < 1.29 is 24.2 Å². The van der Waals surface area contributed by atoms with Crippen LogP contribution in [0.1, 0.15) is 67.1 Å². The van der Waals surface area contributed by atoms with E-state index in [1.807, 2.05) is 54.6 Å². The highest BCUT2D eigenvalue weighted by molar-refractivity contribution is 7.14. The molecule has 0 aliphatic carbocycles. The number of carboxylic acids is 1. The van der Waals surface area contributed by atoms with E-state index < -0.39 is 17.9 Å². The number of benzene rings is 2. The molecule has 1 unspecified atom stereocenters. The van der Waals surface area contributed by atoms with Crippen molar-refractivity contribution in [2.45, 2.75) is 64.8 Å². The molecule has 1 atom stereocenters. The third kappa shape index (κ3) is 8.62. The molecule has 9 nitrogen and oxygen atoms in total. The fourth-order valence-corrected chi connectivity index (χ4v) is 6.23. The number of nitrogens with zero attached hydrogens (tertiary/aromatic N) is 3. The Bertz CT molecular complexity index is 1670. The van der Waals surface area contributed by atoms with Crippen LogP contribution < -0.4 is 10.1 Å². The molecule has 2 amide bonds. The molecule has 3 heterocycles. The molecule has 1 aliphatic heterocycles. The van der Waals surface area contributed by atoms with E-state index in [2.05, 4.69) is 43.0 Å². The van der Waals surface area contributed by atoms with Gasteiger partial charge in [0.2, 0.25) is 5.91 Å². The van der Waals surface area contributed by atoms with Crippen LogP contribution in [0.15, 0.2) is 73.1 Å². The Morgan fingerprint density at radius 2 is 1.60 bits per heavy atom. The number of hydrogen-bond donors (Lipinski definition) is 2. The van der Waals surface area contributed by atoms with Crippen LogP contribution in [0, 0.1) is 5.92 Å². The fourth-order valence-electron chi connectivity index (χ4n) is 5.27. The van der Waals surface area contributed by atoms with Crippen molar-refractivity contribution in [1.29, 1.82) is 0 Å². The molecule has 0 spiro atoms. The molecular weight excluding hydrogens is 612 g/mol. The van der Waals surface area contributed by atoms with Gasteiger partial charge in [-0.1, -0.05) is 76.9 Å². The maximum atomic E-state index is 13.5. The number of aromatic nitrogens is 2. The number of carbonyl (C=O) groups excluding carboxylic acids is 2. The first kappa shape index (κ1) is 33.8. The van der Waals surface area contributed by atoms with Crippen LogP contribution in [0.25, 0.3) is 22.5 Å². The number of unbranched alkanes of at least 4 members (excludes halogenated alkanes) is 2. The number of amides is 2. The number of aliphatic carboxylic acids is 1. The van der Waals surface area contributed by atoms with Crippen LogP contribution in [0.2, 0.25) is 0 Å². The molecule has 0 bridgehead atoms. The summed E-state index contributed by atoms with van der Waals surface area (Å²) in [5.74, 6) is -0.692. The van der Waals surface area contributed by atoms with Gasteiger partial charge in [-0.3, -0.25) is 14.4 Å². The summed E-state index contributed by atoms with van der Waals surface area (Å²) in [5, 5.41) is 12.2. The van der Waals surface area contributed by atoms with Crippen molar-refractivity contribution in [2.24, 2.45) is 5.92 Å². The Morgan fingerprint density at radius 1 is 0.936 bits per heavy atom. The van der Waals surface area contributed by atoms with Crippen molar-refractivity contribution in [3.05, 3.63) is 88.4 Å². The second kappa shape index (κ2) is 14.9. The highest BCUT2D eigenvalue weighted by atomic mass is 32.1. The van der Waals surface area contributed by atoms with Gasteiger partial charge in [-0.25, -0.2) is 9.97 Å². The van der Waals surface area contributed by atoms with E-state index in [-0.39, 0.29) is 36.7 Å². The Labute approximate surface area is 280 Å². The number of likely N-dealkylation sites (tertiary alicyclic amines) is 1. The SMILES string of the molecule is CCCCCOc1ccc(-c2cnc(-c3ccc(CC(NC(=O)c4ccc(C(C)(C)C)s4)C(=O)N4CC(C(=O)O)C4)cc3)nc2)cc1. The number of nitrogens with one attached hydrogen (secondary N) is 1. The second-order valence-electron chi connectivity index (χ2n) is 13.0. The topological polar surface area (TPSA) is 122 Å². The summed E-state index contributed by atoms with van der Waals surface area (Å²) in [4.78, 5) is 50.3. The lowest BCUT2D eigenvalue weighted by Crippen LogP contribution is -2.59. The minimum atomic E-state index is -0.922. The summed E-state index contributed by atoms with van der Waals surface area (Å²) in [6.45, 7) is 9.42. The average Bonchev–Trinajstić information content (AvgIpc) is 3.55. The third-order valence-corrected chi connectivity index (χ3v) is 9.73. The van der Waals surface area contributed by atoms with Crippen LogP contribution >= 0.6 is 11.3 Å². The van der Waals surface area contributed by atoms with E-state index in [4.69, 9.17) is 4.74 Å². The molecule has 5 rings (SSSR count). The maximum absolute atomic E-state index is 13.5. The van der Waals surface area contributed by atoms with Crippen LogP contribution in [-0.2, 0) is 21.4 Å². The predicted octanol–water partition coefficient (Wildman–Crippen LogP) is 6.62. The first-order chi connectivity index (χ1) is 22.5. The van der Waals surface area contributed by atoms with E-state index in [1.165, 1.54) is 16.2 Å². The summed E-state index contributed by atoms with van der Waals surface area (Å²) in [7, 11) is 0. The number of hydrogen-bond acceptors (Lipinski definition) is 7. The Hall–Kier alpha value is -4.57. The number of carboxylic acid groups (broad SMARTS) is 1. The molecule has 2 aromatic carbocycles. The number of rotatable bonds is 13. The smallest absolute Gasteiger partial charge is 0.310 e. The minimum Gasteiger partial charge on any atom is -0.494 e. The zero-order chi connectivity index (χ0) is 33.6. The molecule has 0 radical (unpaired) electrons. The lowest BCUT2D eigenvalue weighted by atomic mass is 9.95. The molecule has 1 saturated heterocycles. The third-order valence-electron chi connectivity index (χ3n) is 8.22. The first-order valence-corrected chi connectivity index (χ1v) is 16.9. The van der Waals surface area contributed by atoms with Gasteiger partial charge in [0.1, 0.15) is 11.8 Å². The average molecular weight is 655 g/mol. The molecule has 1 fully saturated rings. The Morgan fingerprint density at radius 3 is 2.19 bits per heavy atom. The zero-order valence-corrected chi connectivity index (χ0v) is 28.2. The number of ether oxygens (including phenoxy) is 1. The second-order valence-corrected chi connectivity index (χ2v) is 14.1. The van der Waals surface area contributed by atoms with Gasteiger partial charge in [0.25, 0.3) is 5.91 Å². The van der Waals surface area contributed by atoms with Gasteiger partial charge in [0.15, 0.2) is 5.82 Å².